The third kappa shape index (κ3) is 6.74. The van der Waals surface area contributed by atoms with Gasteiger partial charge in [-0.3, -0.25) is 0 Å². The van der Waals surface area contributed by atoms with E-state index in [-0.39, 0.29) is 0 Å². The van der Waals surface area contributed by atoms with Gasteiger partial charge in [0.25, 0.3) is 0 Å². The van der Waals surface area contributed by atoms with Gasteiger partial charge >= 0.3 is 0 Å². The van der Waals surface area contributed by atoms with Gasteiger partial charge in [0, 0.05) is 19.2 Å². The molecule has 0 heterocycles. The largest absolute Gasteiger partial charge is 0.376 e. The van der Waals surface area contributed by atoms with Crippen LogP contribution in [0.5, 0.6) is 0 Å². The molecule has 0 amide bonds. The van der Waals surface area contributed by atoms with E-state index in [4.69, 9.17) is 4.74 Å². The van der Waals surface area contributed by atoms with Crippen molar-refractivity contribution in [2.45, 2.75) is 59.7 Å². The first kappa shape index (κ1) is 16.2. The molecule has 0 aromatic heterocycles. The minimum absolute atomic E-state index is 0.513. The fraction of sp³-hybridized carbons (Fsp3) is 0.647. The van der Waals surface area contributed by atoms with E-state index in [0.717, 1.165) is 19.8 Å². The number of hydrogen-bond donors (Lipinski definition) is 1. The Labute approximate surface area is 118 Å². The number of rotatable bonds is 9. The van der Waals surface area contributed by atoms with E-state index in [0.29, 0.717) is 12.0 Å². The molecule has 0 aliphatic rings. The summed E-state index contributed by atoms with van der Waals surface area (Å²) in [5.74, 6) is 0.658. The number of hydrogen-bond acceptors (Lipinski definition) is 2. The van der Waals surface area contributed by atoms with Gasteiger partial charge in [-0.05, 0) is 23.5 Å². The highest BCUT2D eigenvalue weighted by atomic mass is 16.5. The minimum atomic E-state index is 0.513. The van der Waals surface area contributed by atoms with Gasteiger partial charge in [0.2, 0.25) is 0 Å². The number of nitrogens with one attached hydrogen (secondary N) is 1. The van der Waals surface area contributed by atoms with E-state index in [1.165, 1.54) is 24.0 Å². The molecular weight excluding hydrogens is 234 g/mol. The lowest BCUT2D eigenvalue weighted by Gasteiger charge is -2.14. The molecule has 1 aromatic carbocycles. The Morgan fingerprint density at radius 2 is 1.79 bits per heavy atom. The minimum Gasteiger partial charge on any atom is -0.376 e. The maximum absolute atomic E-state index is 5.85. The van der Waals surface area contributed by atoms with Crippen molar-refractivity contribution in [2.75, 3.05) is 6.61 Å². The van der Waals surface area contributed by atoms with E-state index in [9.17, 15) is 0 Å². The molecule has 1 unspecified atom stereocenters. The second-order valence-electron chi connectivity index (χ2n) is 5.71. The van der Waals surface area contributed by atoms with Gasteiger partial charge in [0.05, 0.1) is 6.61 Å². The summed E-state index contributed by atoms with van der Waals surface area (Å²) < 4.78 is 5.85. The number of benzene rings is 1. The van der Waals surface area contributed by atoms with Crippen LogP contribution in [0, 0.1) is 5.92 Å². The Morgan fingerprint density at radius 3 is 2.42 bits per heavy atom. The van der Waals surface area contributed by atoms with Crippen LogP contribution >= 0.6 is 0 Å². The van der Waals surface area contributed by atoms with Crippen molar-refractivity contribution in [3.63, 3.8) is 0 Å². The highest BCUT2D eigenvalue weighted by Crippen LogP contribution is 2.12. The van der Waals surface area contributed by atoms with Crippen molar-refractivity contribution in [3.05, 3.63) is 35.4 Å². The molecule has 0 saturated carbocycles. The van der Waals surface area contributed by atoms with Crippen molar-refractivity contribution >= 4 is 0 Å². The Morgan fingerprint density at radius 1 is 1.11 bits per heavy atom. The van der Waals surface area contributed by atoms with Crippen molar-refractivity contribution in [1.29, 1.82) is 0 Å². The van der Waals surface area contributed by atoms with Gasteiger partial charge in [-0.1, -0.05) is 58.4 Å². The Kier molecular flexibility index (Phi) is 7.76. The van der Waals surface area contributed by atoms with E-state index in [1.54, 1.807) is 0 Å². The average Bonchev–Trinajstić information content (AvgIpc) is 2.38. The standard InChI is InChI=1S/C17H29NO/c1-5-8-15(4)12-19-13-17-10-7-6-9-16(17)11-18-14(2)3/h6-7,9-10,14-15,18H,5,8,11-13H2,1-4H3. The molecule has 1 rings (SSSR count). The Balaban J connectivity index is 2.44. The lowest BCUT2D eigenvalue weighted by molar-refractivity contribution is 0.0888. The van der Waals surface area contributed by atoms with Crippen LogP contribution in [-0.2, 0) is 17.9 Å². The zero-order chi connectivity index (χ0) is 14.1. The molecule has 2 nitrogen and oxygen atoms in total. The van der Waals surface area contributed by atoms with Crippen LogP contribution in [0.4, 0.5) is 0 Å². The normalized spacial score (nSPS) is 12.9. The topological polar surface area (TPSA) is 21.3 Å². The highest BCUT2D eigenvalue weighted by molar-refractivity contribution is 5.26. The SMILES string of the molecule is CCCC(C)COCc1ccccc1CNC(C)C. The lowest BCUT2D eigenvalue weighted by atomic mass is 10.1. The Hall–Kier alpha value is -0.860. The summed E-state index contributed by atoms with van der Waals surface area (Å²) in [6, 6.07) is 9.05. The highest BCUT2D eigenvalue weighted by Gasteiger charge is 2.05. The average molecular weight is 263 g/mol. The molecule has 1 aromatic rings. The van der Waals surface area contributed by atoms with Gasteiger partial charge in [-0.15, -0.1) is 0 Å². The molecule has 0 radical (unpaired) electrons. The second kappa shape index (κ2) is 9.11. The fourth-order valence-electron chi connectivity index (χ4n) is 2.13. The van der Waals surface area contributed by atoms with Crippen LogP contribution in [0.15, 0.2) is 24.3 Å². The smallest absolute Gasteiger partial charge is 0.0720 e. The zero-order valence-corrected chi connectivity index (χ0v) is 12.9. The van der Waals surface area contributed by atoms with E-state index in [2.05, 4.69) is 57.3 Å². The molecule has 1 N–H and O–H groups in total. The molecule has 0 spiro atoms. The number of ether oxygens (including phenoxy) is 1. The molecule has 0 aliphatic heterocycles. The van der Waals surface area contributed by atoms with Gasteiger partial charge < -0.3 is 10.1 Å². The van der Waals surface area contributed by atoms with Crippen LogP contribution in [0.3, 0.4) is 0 Å². The second-order valence-corrected chi connectivity index (χ2v) is 5.71. The van der Waals surface area contributed by atoms with Crippen LogP contribution in [0.25, 0.3) is 0 Å². The predicted molar refractivity (Wildman–Crippen MR) is 82.1 cm³/mol. The zero-order valence-electron chi connectivity index (χ0n) is 12.9. The van der Waals surface area contributed by atoms with Gasteiger partial charge in [0.15, 0.2) is 0 Å². The monoisotopic (exact) mass is 263 g/mol. The molecule has 0 saturated heterocycles. The van der Waals surface area contributed by atoms with Crippen LogP contribution < -0.4 is 5.32 Å². The molecule has 1 atom stereocenters. The van der Waals surface area contributed by atoms with Gasteiger partial charge in [0.1, 0.15) is 0 Å². The molecule has 0 bridgehead atoms. The van der Waals surface area contributed by atoms with E-state index in [1.807, 2.05) is 0 Å². The first-order valence-corrected chi connectivity index (χ1v) is 7.51. The van der Waals surface area contributed by atoms with E-state index >= 15 is 0 Å². The summed E-state index contributed by atoms with van der Waals surface area (Å²) in [6.07, 6.45) is 2.48. The predicted octanol–water partition coefficient (Wildman–Crippen LogP) is 4.14. The van der Waals surface area contributed by atoms with Crippen LogP contribution in [0.2, 0.25) is 0 Å². The van der Waals surface area contributed by atoms with Crippen molar-refractivity contribution < 1.29 is 4.74 Å². The van der Waals surface area contributed by atoms with Gasteiger partial charge in [-0.2, -0.15) is 0 Å². The first-order valence-electron chi connectivity index (χ1n) is 7.51. The molecule has 0 aliphatic carbocycles. The summed E-state index contributed by atoms with van der Waals surface area (Å²) in [6.45, 7) is 11.3. The fourth-order valence-corrected chi connectivity index (χ4v) is 2.13. The van der Waals surface area contributed by atoms with Crippen LogP contribution in [-0.4, -0.2) is 12.6 Å². The third-order valence-corrected chi connectivity index (χ3v) is 3.26. The summed E-state index contributed by atoms with van der Waals surface area (Å²) >= 11 is 0. The first-order chi connectivity index (χ1) is 9.13. The summed E-state index contributed by atoms with van der Waals surface area (Å²) in [7, 11) is 0. The maximum atomic E-state index is 5.85. The maximum Gasteiger partial charge on any atom is 0.0720 e. The summed E-state index contributed by atoms with van der Waals surface area (Å²) in [4.78, 5) is 0. The lowest BCUT2D eigenvalue weighted by Crippen LogP contribution is -2.22. The van der Waals surface area contributed by atoms with Crippen molar-refractivity contribution in [3.8, 4) is 0 Å². The third-order valence-electron chi connectivity index (χ3n) is 3.26. The quantitative estimate of drug-likeness (QED) is 0.723. The molecule has 0 fully saturated rings. The van der Waals surface area contributed by atoms with Crippen molar-refractivity contribution in [2.24, 2.45) is 5.92 Å². The molecule has 19 heavy (non-hydrogen) atoms. The Bertz CT molecular complexity index is 349. The van der Waals surface area contributed by atoms with Gasteiger partial charge in [-0.25, -0.2) is 0 Å². The van der Waals surface area contributed by atoms with E-state index < -0.39 is 0 Å². The van der Waals surface area contributed by atoms with Crippen LogP contribution in [0.1, 0.15) is 51.7 Å². The van der Waals surface area contributed by atoms with Crippen molar-refractivity contribution in [1.82, 2.24) is 5.32 Å². The molecule has 2 heteroatoms. The summed E-state index contributed by atoms with van der Waals surface area (Å²) in [5.41, 5.74) is 2.65. The molecule has 108 valence electrons. The summed E-state index contributed by atoms with van der Waals surface area (Å²) in [5, 5.41) is 3.47. The molecular formula is C17H29NO.